The van der Waals surface area contributed by atoms with Crippen LogP contribution in [0.25, 0.3) is 6.08 Å². The molecule has 0 bridgehead atoms. The summed E-state index contributed by atoms with van der Waals surface area (Å²) in [5.74, 6) is -0.0220. The van der Waals surface area contributed by atoms with E-state index in [1.165, 1.54) is 11.3 Å². The first-order valence-corrected chi connectivity index (χ1v) is 14.3. The quantitative estimate of drug-likeness (QED) is 0.230. The van der Waals surface area contributed by atoms with Crippen LogP contribution >= 0.6 is 35.3 Å². The third-order valence-corrected chi connectivity index (χ3v) is 7.70. The van der Waals surface area contributed by atoms with Gasteiger partial charge in [-0.05, 0) is 71.9 Å². The molecule has 2 aromatic carbocycles. The van der Waals surface area contributed by atoms with Crippen molar-refractivity contribution in [3.8, 4) is 11.5 Å². The number of thioether (sulfide) groups is 1. The van der Waals surface area contributed by atoms with Crippen molar-refractivity contribution in [2.45, 2.75) is 26.7 Å². The molecular weight excluding hydrogens is 555 g/mol. The number of para-hydroxylation sites is 1. The molecule has 11 heteroatoms. The number of nitrogens with zero attached hydrogens (tertiary/aromatic N) is 1. The van der Waals surface area contributed by atoms with Gasteiger partial charge in [0.15, 0.2) is 22.4 Å². The molecule has 3 aromatic rings. The summed E-state index contributed by atoms with van der Waals surface area (Å²) in [6.07, 6.45) is 1.67. The Labute approximate surface area is 240 Å². The minimum atomic E-state index is -0.424. The maximum atomic E-state index is 12.9. The number of hydrogen-bond acceptors (Lipinski definition) is 8. The largest absolute Gasteiger partial charge is 0.490 e. The van der Waals surface area contributed by atoms with Gasteiger partial charge in [-0.3, -0.25) is 19.8 Å². The Morgan fingerprint density at radius 1 is 1.08 bits per heavy atom. The van der Waals surface area contributed by atoms with Gasteiger partial charge in [-0.25, -0.2) is 0 Å². The first-order chi connectivity index (χ1) is 18.8. The van der Waals surface area contributed by atoms with Crippen LogP contribution in [-0.4, -0.2) is 40.3 Å². The van der Waals surface area contributed by atoms with Crippen molar-refractivity contribution in [3.05, 3.63) is 80.9 Å². The third-order valence-electron chi connectivity index (χ3n) is 5.53. The highest BCUT2D eigenvalue weighted by molar-refractivity contribution is 8.26. The fourth-order valence-electron chi connectivity index (χ4n) is 3.73. The highest BCUT2D eigenvalue weighted by Crippen LogP contribution is 2.34. The zero-order chi connectivity index (χ0) is 27.9. The lowest BCUT2D eigenvalue weighted by atomic mass is 10.0. The van der Waals surface area contributed by atoms with Crippen molar-refractivity contribution in [1.82, 2.24) is 10.4 Å². The molecular formula is C28H27N3O5S3. The van der Waals surface area contributed by atoms with Crippen LogP contribution in [0.15, 0.2) is 64.9 Å². The highest BCUT2D eigenvalue weighted by Gasteiger charge is 2.34. The summed E-state index contributed by atoms with van der Waals surface area (Å²) in [5, 5.41) is 5.76. The number of anilines is 1. The van der Waals surface area contributed by atoms with E-state index in [1.807, 2.05) is 31.2 Å². The molecule has 1 fully saturated rings. The molecule has 1 aliphatic heterocycles. The second-order valence-corrected chi connectivity index (χ2v) is 11.3. The number of rotatable bonds is 10. The molecule has 0 aliphatic carbocycles. The second-order valence-electron chi connectivity index (χ2n) is 8.65. The molecule has 202 valence electrons. The predicted octanol–water partition coefficient (Wildman–Crippen LogP) is 5.83. The number of thiophene rings is 1. The Bertz CT molecular complexity index is 1420. The fourth-order valence-corrected chi connectivity index (χ4v) is 5.52. The van der Waals surface area contributed by atoms with E-state index in [2.05, 4.69) is 24.6 Å². The van der Waals surface area contributed by atoms with Crippen LogP contribution in [-0.2, 0) is 9.59 Å². The van der Waals surface area contributed by atoms with Crippen molar-refractivity contribution in [3.63, 3.8) is 0 Å². The van der Waals surface area contributed by atoms with Crippen LogP contribution in [0, 0.1) is 0 Å². The molecule has 1 aromatic heterocycles. The van der Waals surface area contributed by atoms with Crippen molar-refractivity contribution in [2.75, 3.05) is 18.5 Å². The second kappa shape index (κ2) is 12.9. The number of thiocarbonyl (C=S) groups is 1. The monoisotopic (exact) mass is 581 g/mol. The maximum absolute atomic E-state index is 12.9. The highest BCUT2D eigenvalue weighted by atomic mass is 32.2. The summed E-state index contributed by atoms with van der Waals surface area (Å²) in [4.78, 5) is 38.8. The minimum absolute atomic E-state index is 0.200. The molecule has 0 unspecified atom stereocenters. The van der Waals surface area contributed by atoms with E-state index in [4.69, 9.17) is 21.7 Å². The SMILES string of the molecule is CCOc1cc(/C=C2/SC(=S)N(NC(=O)c3cccs3)C2=O)ccc1OCC(=O)Nc1ccccc1C(C)C. The van der Waals surface area contributed by atoms with Crippen molar-refractivity contribution < 1.29 is 23.9 Å². The molecule has 3 amide bonds. The fraction of sp³-hybridized carbons (Fsp3) is 0.214. The molecule has 0 radical (unpaired) electrons. The van der Waals surface area contributed by atoms with E-state index in [0.29, 0.717) is 33.5 Å². The first kappa shape index (κ1) is 28.3. The van der Waals surface area contributed by atoms with Gasteiger partial charge in [0.2, 0.25) is 0 Å². The van der Waals surface area contributed by atoms with Crippen molar-refractivity contribution in [2.24, 2.45) is 0 Å². The summed E-state index contributed by atoms with van der Waals surface area (Å²) >= 11 is 7.67. The van der Waals surface area contributed by atoms with E-state index >= 15 is 0 Å². The molecule has 2 heterocycles. The van der Waals surface area contributed by atoms with Gasteiger partial charge >= 0.3 is 0 Å². The van der Waals surface area contributed by atoms with E-state index in [9.17, 15) is 14.4 Å². The first-order valence-electron chi connectivity index (χ1n) is 12.2. The van der Waals surface area contributed by atoms with Gasteiger partial charge in [0.05, 0.1) is 16.4 Å². The topological polar surface area (TPSA) is 97.0 Å². The zero-order valence-corrected chi connectivity index (χ0v) is 24.0. The molecule has 39 heavy (non-hydrogen) atoms. The Morgan fingerprint density at radius 2 is 1.87 bits per heavy atom. The predicted molar refractivity (Wildman–Crippen MR) is 159 cm³/mol. The molecule has 1 aliphatic rings. The number of hydrogen-bond donors (Lipinski definition) is 2. The Morgan fingerprint density at radius 3 is 2.59 bits per heavy atom. The number of nitrogens with one attached hydrogen (secondary N) is 2. The van der Waals surface area contributed by atoms with Crippen molar-refractivity contribution >= 4 is 69.1 Å². The van der Waals surface area contributed by atoms with Gasteiger partial charge < -0.3 is 14.8 Å². The number of benzene rings is 2. The van der Waals surface area contributed by atoms with Gasteiger partial charge in [0.1, 0.15) is 0 Å². The average Bonchev–Trinajstić information content (AvgIpc) is 3.54. The van der Waals surface area contributed by atoms with Crippen LogP contribution < -0.4 is 20.2 Å². The van der Waals surface area contributed by atoms with Gasteiger partial charge in [-0.2, -0.15) is 5.01 Å². The Kier molecular flexibility index (Phi) is 9.39. The van der Waals surface area contributed by atoms with E-state index in [-0.39, 0.29) is 22.8 Å². The van der Waals surface area contributed by atoms with Gasteiger partial charge in [-0.1, -0.05) is 55.9 Å². The van der Waals surface area contributed by atoms with Crippen LogP contribution in [0.1, 0.15) is 47.5 Å². The van der Waals surface area contributed by atoms with E-state index < -0.39 is 11.8 Å². The molecule has 1 saturated heterocycles. The molecule has 8 nitrogen and oxygen atoms in total. The number of amides is 3. The van der Waals surface area contributed by atoms with Crippen LogP contribution in [0.4, 0.5) is 5.69 Å². The zero-order valence-electron chi connectivity index (χ0n) is 21.6. The number of carbonyl (C=O) groups excluding carboxylic acids is 3. The maximum Gasteiger partial charge on any atom is 0.285 e. The molecule has 0 saturated carbocycles. The number of ether oxygens (including phenoxy) is 2. The molecule has 2 N–H and O–H groups in total. The number of carbonyl (C=O) groups is 3. The van der Waals surface area contributed by atoms with Crippen LogP contribution in [0.3, 0.4) is 0 Å². The van der Waals surface area contributed by atoms with E-state index in [0.717, 1.165) is 28.0 Å². The average molecular weight is 582 g/mol. The minimum Gasteiger partial charge on any atom is -0.490 e. The molecule has 0 atom stereocenters. The lowest BCUT2D eigenvalue weighted by Gasteiger charge is -2.15. The van der Waals surface area contributed by atoms with Gasteiger partial charge in [-0.15, -0.1) is 11.3 Å². The normalized spacial score (nSPS) is 14.2. The van der Waals surface area contributed by atoms with Crippen LogP contribution in [0.5, 0.6) is 11.5 Å². The lowest BCUT2D eigenvalue weighted by molar-refractivity contribution is -0.123. The van der Waals surface area contributed by atoms with E-state index in [1.54, 1.807) is 41.8 Å². The summed E-state index contributed by atoms with van der Waals surface area (Å²) in [6, 6.07) is 16.2. The van der Waals surface area contributed by atoms with Crippen molar-refractivity contribution in [1.29, 1.82) is 0 Å². The standard InChI is InChI=1S/C28H27N3O5S3/c1-4-35-22-14-18(15-24-27(34)31(28(37)39-24)30-26(33)23-10-7-13-38-23)11-12-21(22)36-16-25(32)29-20-9-6-5-8-19(20)17(2)3/h5-15,17H,4,16H2,1-3H3,(H,29,32)(H,30,33)/b24-15+. The molecule has 0 spiro atoms. The smallest absolute Gasteiger partial charge is 0.285 e. The number of hydrazine groups is 1. The Hall–Kier alpha value is -3.67. The third kappa shape index (κ3) is 7.05. The summed E-state index contributed by atoms with van der Waals surface area (Å²) in [5.41, 5.74) is 5.03. The Balaban J connectivity index is 1.43. The summed E-state index contributed by atoms with van der Waals surface area (Å²) < 4.78 is 11.7. The van der Waals surface area contributed by atoms with Gasteiger partial charge in [0.25, 0.3) is 17.7 Å². The summed E-state index contributed by atoms with van der Waals surface area (Å²) in [6.45, 7) is 6.15. The molecule has 4 rings (SSSR count). The van der Waals surface area contributed by atoms with Gasteiger partial charge in [0, 0.05) is 5.69 Å². The van der Waals surface area contributed by atoms with Crippen LogP contribution in [0.2, 0.25) is 0 Å². The lowest BCUT2D eigenvalue weighted by Crippen LogP contribution is -2.44. The summed E-state index contributed by atoms with van der Waals surface area (Å²) in [7, 11) is 0.